The number of benzene rings is 1. The first kappa shape index (κ1) is 14.2. The summed E-state index contributed by atoms with van der Waals surface area (Å²) in [7, 11) is 1.19. The van der Waals surface area contributed by atoms with Gasteiger partial charge in [-0.15, -0.1) is 0 Å². The first-order valence-corrected chi connectivity index (χ1v) is 6.14. The second kappa shape index (κ2) is 5.41. The summed E-state index contributed by atoms with van der Waals surface area (Å²) in [5, 5.41) is 11.0. The smallest absolute Gasteiger partial charge is 0.355 e. The van der Waals surface area contributed by atoms with Crippen LogP contribution in [0.3, 0.4) is 0 Å². The highest BCUT2D eigenvalue weighted by molar-refractivity contribution is 9.10. The van der Waals surface area contributed by atoms with Crippen LogP contribution in [0.5, 0.6) is 0 Å². The van der Waals surface area contributed by atoms with E-state index in [1.54, 1.807) is 0 Å². The molecular weight excluding hydrogens is 335 g/mol. The maximum absolute atomic E-state index is 13.8. The van der Waals surface area contributed by atoms with E-state index >= 15 is 0 Å². The lowest BCUT2D eigenvalue weighted by Gasteiger charge is -2.09. The number of carbonyl (C=O) groups is 1. The Balaban J connectivity index is 2.73. The number of esters is 1. The number of carbonyl (C=O) groups excluding carboxylic acids is 1. The molecule has 1 aromatic heterocycles. The Bertz CT molecular complexity index is 699. The van der Waals surface area contributed by atoms with Gasteiger partial charge in [-0.05, 0) is 24.3 Å². The molecule has 0 radical (unpaired) electrons. The van der Waals surface area contributed by atoms with Gasteiger partial charge >= 0.3 is 11.7 Å². The molecule has 1 aromatic carbocycles. The number of hydrogen-bond acceptors (Lipinski definition) is 4. The van der Waals surface area contributed by atoms with Gasteiger partial charge in [0.2, 0.25) is 5.82 Å². The number of hydrogen-bond donors (Lipinski definition) is 0. The lowest BCUT2D eigenvalue weighted by Crippen LogP contribution is -2.10. The molecule has 2 rings (SSSR count). The van der Waals surface area contributed by atoms with E-state index in [0.717, 1.165) is 6.07 Å². The third-order valence-corrected chi connectivity index (χ3v) is 3.05. The molecular formula is C12H8BrFN2O4. The van der Waals surface area contributed by atoms with E-state index in [4.69, 9.17) is 0 Å². The van der Waals surface area contributed by atoms with Gasteiger partial charge in [-0.25, -0.2) is 4.79 Å². The number of aromatic nitrogens is 1. The number of nitro benzene ring substituents is 1. The van der Waals surface area contributed by atoms with E-state index in [2.05, 4.69) is 20.7 Å². The average molecular weight is 343 g/mol. The van der Waals surface area contributed by atoms with Gasteiger partial charge in [-0.2, -0.15) is 4.39 Å². The Hall–Kier alpha value is -2.22. The molecule has 20 heavy (non-hydrogen) atoms. The fourth-order valence-electron chi connectivity index (χ4n) is 1.78. The summed E-state index contributed by atoms with van der Waals surface area (Å²) in [5.41, 5.74) is -0.713. The zero-order valence-electron chi connectivity index (χ0n) is 10.2. The van der Waals surface area contributed by atoms with Crippen LogP contribution < -0.4 is 0 Å². The number of nitrogens with zero attached hydrogens (tertiary/aromatic N) is 2. The summed E-state index contributed by atoms with van der Waals surface area (Å²) in [6, 6.07) is 5.28. The SMILES string of the molecule is COC(=O)c1cccn1-c1cc(Br)cc(F)c1[N+](=O)[O-]. The lowest BCUT2D eigenvalue weighted by atomic mass is 10.2. The van der Waals surface area contributed by atoms with E-state index in [1.807, 2.05) is 0 Å². The van der Waals surface area contributed by atoms with Gasteiger partial charge in [-0.1, -0.05) is 15.9 Å². The molecule has 104 valence electrons. The number of rotatable bonds is 3. The molecule has 0 saturated carbocycles. The molecule has 6 nitrogen and oxygen atoms in total. The molecule has 0 fully saturated rings. The van der Waals surface area contributed by atoms with Crippen molar-refractivity contribution in [1.29, 1.82) is 0 Å². The van der Waals surface area contributed by atoms with Crippen molar-refractivity contribution in [3.8, 4) is 5.69 Å². The molecule has 0 spiro atoms. The molecule has 0 unspecified atom stereocenters. The maximum Gasteiger partial charge on any atom is 0.355 e. The van der Waals surface area contributed by atoms with Crippen molar-refractivity contribution in [2.45, 2.75) is 0 Å². The van der Waals surface area contributed by atoms with E-state index in [1.165, 1.54) is 36.1 Å². The molecule has 0 aliphatic rings. The maximum atomic E-state index is 13.8. The van der Waals surface area contributed by atoms with E-state index in [0.29, 0.717) is 4.47 Å². The quantitative estimate of drug-likeness (QED) is 0.488. The van der Waals surface area contributed by atoms with Crippen LogP contribution in [0.2, 0.25) is 0 Å². The Kier molecular flexibility index (Phi) is 3.84. The highest BCUT2D eigenvalue weighted by Crippen LogP contribution is 2.31. The minimum Gasteiger partial charge on any atom is -0.464 e. The van der Waals surface area contributed by atoms with Crippen molar-refractivity contribution < 1.29 is 18.8 Å². The van der Waals surface area contributed by atoms with E-state index in [-0.39, 0.29) is 11.4 Å². The summed E-state index contributed by atoms with van der Waals surface area (Å²) in [6.45, 7) is 0. The predicted molar refractivity (Wildman–Crippen MR) is 71.4 cm³/mol. The van der Waals surface area contributed by atoms with Crippen molar-refractivity contribution >= 4 is 27.6 Å². The number of ether oxygens (including phenoxy) is 1. The largest absolute Gasteiger partial charge is 0.464 e. The monoisotopic (exact) mass is 342 g/mol. The number of halogens is 2. The van der Waals surface area contributed by atoms with Crippen molar-refractivity contribution in [3.63, 3.8) is 0 Å². The van der Waals surface area contributed by atoms with Crippen LogP contribution in [-0.2, 0) is 4.74 Å². The normalized spacial score (nSPS) is 10.3. The number of methoxy groups -OCH3 is 1. The fraction of sp³-hybridized carbons (Fsp3) is 0.0833. The zero-order valence-corrected chi connectivity index (χ0v) is 11.8. The topological polar surface area (TPSA) is 74.4 Å². The Labute approximate surface area is 121 Å². The lowest BCUT2D eigenvalue weighted by molar-refractivity contribution is -0.387. The van der Waals surface area contributed by atoms with Crippen LogP contribution in [0.4, 0.5) is 10.1 Å². The third kappa shape index (κ3) is 2.42. The Morgan fingerprint density at radius 1 is 1.50 bits per heavy atom. The van der Waals surface area contributed by atoms with Gasteiger partial charge in [0.1, 0.15) is 11.4 Å². The van der Waals surface area contributed by atoms with Gasteiger partial charge in [0.15, 0.2) is 0 Å². The average Bonchev–Trinajstić information content (AvgIpc) is 2.85. The molecule has 0 N–H and O–H groups in total. The molecule has 0 aliphatic carbocycles. The van der Waals surface area contributed by atoms with Gasteiger partial charge < -0.3 is 9.30 Å². The van der Waals surface area contributed by atoms with E-state index in [9.17, 15) is 19.3 Å². The standard InChI is InChI=1S/C12H8BrFN2O4/c1-20-12(17)9-3-2-4-15(9)10-6-7(13)5-8(14)11(10)16(18)19/h2-6H,1H3. The van der Waals surface area contributed by atoms with Gasteiger partial charge in [0.25, 0.3) is 0 Å². The first-order chi connectivity index (χ1) is 9.45. The van der Waals surface area contributed by atoms with E-state index < -0.39 is 22.4 Å². The molecule has 0 bridgehead atoms. The molecule has 2 aromatic rings. The van der Waals surface area contributed by atoms with Crippen LogP contribution in [-0.4, -0.2) is 22.6 Å². The molecule has 0 aliphatic heterocycles. The van der Waals surface area contributed by atoms with Gasteiger partial charge in [-0.3, -0.25) is 10.1 Å². The molecule has 0 saturated heterocycles. The van der Waals surface area contributed by atoms with Gasteiger partial charge in [0, 0.05) is 10.7 Å². The molecule has 0 amide bonds. The zero-order chi connectivity index (χ0) is 14.9. The number of nitro groups is 1. The third-order valence-electron chi connectivity index (χ3n) is 2.59. The van der Waals surface area contributed by atoms with Crippen molar-refractivity contribution in [1.82, 2.24) is 4.57 Å². The first-order valence-electron chi connectivity index (χ1n) is 5.35. The highest BCUT2D eigenvalue weighted by Gasteiger charge is 2.25. The summed E-state index contributed by atoms with van der Waals surface area (Å²) in [4.78, 5) is 21.8. The summed E-state index contributed by atoms with van der Waals surface area (Å²) in [5.74, 6) is -1.67. The minimum absolute atomic E-state index is 0.0627. The molecule has 0 atom stereocenters. The second-order valence-corrected chi connectivity index (χ2v) is 4.68. The van der Waals surface area contributed by atoms with Crippen LogP contribution in [0.15, 0.2) is 34.9 Å². The van der Waals surface area contributed by atoms with Crippen molar-refractivity contribution in [2.24, 2.45) is 0 Å². The minimum atomic E-state index is -0.996. The van der Waals surface area contributed by atoms with Crippen LogP contribution >= 0.6 is 15.9 Å². The van der Waals surface area contributed by atoms with Crippen LogP contribution in [0.1, 0.15) is 10.5 Å². The second-order valence-electron chi connectivity index (χ2n) is 3.77. The van der Waals surface area contributed by atoms with Crippen molar-refractivity contribution in [2.75, 3.05) is 7.11 Å². The van der Waals surface area contributed by atoms with Crippen LogP contribution in [0, 0.1) is 15.9 Å². The van der Waals surface area contributed by atoms with Crippen molar-refractivity contribution in [3.05, 3.63) is 56.6 Å². The molecule has 8 heteroatoms. The summed E-state index contributed by atoms with van der Waals surface area (Å²) < 4.78 is 19.9. The predicted octanol–water partition coefficient (Wildman–Crippen LogP) is 3.07. The molecule has 1 heterocycles. The Morgan fingerprint density at radius 2 is 2.20 bits per heavy atom. The summed E-state index contributed by atoms with van der Waals surface area (Å²) in [6.07, 6.45) is 1.42. The highest BCUT2D eigenvalue weighted by atomic mass is 79.9. The fourth-order valence-corrected chi connectivity index (χ4v) is 2.20. The Morgan fingerprint density at radius 3 is 2.80 bits per heavy atom. The van der Waals surface area contributed by atoms with Crippen LogP contribution in [0.25, 0.3) is 5.69 Å². The summed E-state index contributed by atoms with van der Waals surface area (Å²) >= 11 is 3.07. The van der Waals surface area contributed by atoms with Gasteiger partial charge in [0.05, 0.1) is 12.0 Å².